The van der Waals surface area contributed by atoms with Crippen LogP contribution in [0.2, 0.25) is 0 Å². The van der Waals surface area contributed by atoms with Crippen molar-refractivity contribution in [3.05, 3.63) is 41.5 Å². The summed E-state index contributed by atoms with van der Waals surface area (Å²) in [4.78, 5) is 15.6. The van der Waals surface area contributed by atoms with Crippen molar-refractivity contribution in [3.63, 3.8) is 0 Å². The molecule has 0 fully saturated rings. The summed E-state index contributed by atoms with van der Waals surface area (Å²) in [6, 6.07) is 5.90. The first kappa shape index (κ1) is 15.3. The second-order valence-electron chi connectivity index (χ2n) is 4.36. The molecule has 0 saturated heterocycles. The Hall–Kier alpha value is -2.06. The standard InChI is InChI=1S/C13H15N3O4S/c1-3-12(17)10-5-4-6-11(7-10)21(18,19)14-8-13-15-9(2)16-20-13/h4-7,14H,3,8H2,1-2H3. The van der Waals surface area contributed by atoms with E-state index in [0.29, 0.717) is 17.8 Å². The van der Waals surface area contributed by atoms with E-state index in [0.717, 1.165) is 0 Å². The van der Waals surface area contributed by atoms with Gasteiger partial charge in [0.05, 0.1) is 11.4 Å². The SMILES string of the molecule is CCC(=O)c1cccc(S(=O)(=O)NCc2nc(C)no2)c1. The number of hydrogen-bond donors (Lipinski definition) is 1. The Morgan fingerprint density at radius 2 is 2.14 bits per heavy atom. The van der Waals surface area contributed by atoms with Crippen molar-refractivity contribution in [2.24, 2.45) is 0 Å². The molecular formula is C13H15N3O4S. The molecule has 7 nitrogen and oxygen atoms in total. The summed E-state index contributed by atoms with van der Waals surface area (Å²) in [6.07, 6.45) is 0.318. The lowest BCUT2D eigenvalue weighted by Gasteiger charge is -2.06. The van der Waals surface area contributed by atoms with Crippen molar-refractivity contribution < 1.29 is 17.7 Å². The van der Waals surface area contributed by atoms with Crippen molar-refractivity contribution in [3.8, 4) is 0 Å². The second-order valence-corrected chi connectivity index (χ2v) is 6.13. The number of carbonyl (C=O) groups is 1. The van der Waals surface area contributed by atoms with Crippen LogP contribution in [0.3, 0.4) is 0 Å². The summed E-state index contributed by atoms with van der Waals surface area (Å²) in [5, 5.41) is 3.57. The van der Waals surface area contributed by atoms with Crippen LogP contribution < -0.4 is 4.72 Å². The van der Waals surface area contributed by atoms with Gasteiger partial charge in [0.15, 0.2) is 11.6 Å². The van der Waals surface area contributed by atoms with Crippen LogP contribution in [0, 0.1) is 6.92 Å². The van der Waals surface area contributed by atoms with Crippen molar-refractivity contribution in [1.29, 1.82) is 0 Å². The zero-order chi connectivity index (χ0) is 15.5. The maximum absolute atomic E-state index is 12.2. The molecule has 0 aliphatic heterocycles. The molecule has 1 aromatic heterocycles. The van der Waals surface area contributed by atoms with Crippen LogP contribution in [-0.4, -0.2) is 24.3 Å². The van der Waals surface area contributed by atoms with Crippen molar-refractivity contribution >= 4 is 15.8 Å². The largest absolute Gasteiger partial charge is 0.338 e. The highest BCUT2D eigenvalue weighted by Crippen LogP contribution is 2.13. The molecule has 0 saturated carbocycles. The number of hydrogen-bond acceptors (Lipinski definition) is 6. The molecule has 1 heterocycles. The van der Waals surface area contributed by atoms with Crippen LogP contribution in [0.5, 0.6) is 0 Å². The zero-order valence-electron chi connectivity index (χ0n) is 11.7. The number of carbonyl (C=O) groups excluding carboxylic acids is 1. The quantitative estimate of drug-likeness (QED) is 0.810. The summed E-state index contributed by atoms with van der Waals surface area (Å²) in [5.41, 5.74) is 0.369. The van der Waals surface area contributed by atoms with E-state index >= 15 is 0 Å². The Kier molecular flexibility index (Phi) is 4.49. The molecule has 21 heavy (non-hydrogen) atoms. The van der Waals surface area contributed by atoms with Gasteiger partial charge >= 0.3 is 0 Å². The molecule has 0 aliphatic rings. The van der Waals surface area contributed by atoms with Crippen molar-refractivity contribution in [2.75, 3.05) is 0 Å². The molecule has 0 spiro atoms. The van der Waals surface area contributed by atoms with Crippen LogP contribution in [0.1, 0.15) is 35.4 Å². The maximum atomic E-state index is 12.2. The number of nitrogens with one attached hydrogen (secondary N) is 1. The van der Waals surface area contributed by atoms with E-state index in [9.17, 15) is 13.2 Å². The lowest BCUT2D eigenvalue weighted by atomic mass is 10.1. The topological polar surface area (TPSA) is 102 Å². The van der Waals surface area contributed by atoms with E-state index in [4.69, 9.17) is 4.52 Å². The van der Waals surface area contributed by atoms with Gasteiger partial charge in [-0.1, -0.05) is 24.2 Å². The van der Waals surface area contributed by atoms with Gasteiger partial charge in [-0.15, -0.1) is 0 Å². The lowest BCUT2D eigenvalue weighted by Crippen LogP contribution is -2.23. The monoisotopic (exact) mass is 309 g/mol. The Balaban J connectivity index is 2.17. The molecule has 0 atom stereocenters. The molecule has 0 amide bonds. The smallest absolute Gasteiger partial charge is 0.241 e. The lowest BCUT2D eigenvalue weighted by molar-refractivity contribution is 0.0988. The van der Waals surface area contributed by atoms with Gasteiger partial charge in [0.25, 0.3) is 0 Å². The highest BCUT2D eigenvalue weighted by molar-refractivity contribution is 7.89. The average molecular weight is 309 g/mol. The third-order valence-electron chi connectivity index (χ3n) is 2.77. The van der Waals surface area contributed by atoms with Crippen molar-refractivity contribution in [2.45, 2.75) is 31.7 Å². The molecule has 0 aliphatic carbocycles. The number of benzene rings is 1. The minimum atomic E-state index is -3.74. The number of rotatable bonds is 6. The Labute approximate surface area is 122 Å². The van der Waals surface area contributed by atoms with E-state index in [1.165, 1.54) is 18.2 Å². The fourth-order valence-corrected chi connectivity index (χ4v) is 2.71. The second kappa shape index (κ2) is 6.15. The predicted octanol–water partition coefficient (Wildman–Crippen LogP) is 1.45. The number of ketones is 1. The van der Waals surface area contributed by atoms with E-state index in [1.807, 2.05) is 0 Å². The average Bonchev–Trinajstić information content (AvgIpc) is 2.90. The van der Waals surface area contributed by atoms with Crippen LogP contribution in [0.4, 0.5) is 0 Å². The minimum absolute atomic E-state index is 0.0260. The summed E-state index contributed by atoms with van der Waals surface area (Å²) in [5.74, 6) is 0.496. The molecule has 2 rings (SSSR count). The van der Waals surface area contributed by atoms with Crippen LogP contribution in [-0.2, 0) is 16.6 Å². The highest BCUT2D eigenvalue weighted by atomic mass is 32.2. The molecule has 1 aromatic carbocycles. The zero-order valence-corrected chi connectivity index (χ0v) is 12.5. The summed E-state index contributed by atoms with van der Waals surface area (Å²) in [6.45, 7) is 3.26. The van der Waals surface area contributed by atoms with Crippen LogP contribution >= 0.6 is 0 Å². The van der Waals surface area contributed by atoms with Crippen LogP contribution in [0.25, 0.3) is 0 Å². The first-order chi connectivity index (χ1) is 9.92. The Morgan fingerprint density at radius 1 is 1.38 bits per heavy atom. The van der Waals surface area contributed by atoms with Crippen molar-refractivity contribution in [1.82, 2.24) is 14.9 Å². The van der Waals surface area contributed by atoms with Gasteiger partial charge in [-0.2, -0.15) is 4.98 Å². The summed E-state index contributed by atoms with van der Waals surface area (Å²) >= 11 is 0. The molecule has 0 bridgehead atoms. The third-order valence-corrected chi connectivity index (χ3v) is 4.17. The van der Waals surface area contributed by atoms with Gasteiger partial charge in [0.1, 0.15) is 0 Å². The fraction of sp³-hybridized carbons (Fsp3) is 0.308. The molecule has 8 heteroatoms. The molecule has 0 unspecified atom stereocenters. The van der Waals surface area contributed by atoms with E-state index in [1.54, 1.807) is 19.9 Å². The number of nitrogens with zero attached hydrogens (tertiary/aromatic N) is 2. The minimum Gasteiger partial charge on any atom is -0.338 e. The predicted molar refractivity (Wildman–Crippen MR) is 74.1 cm³/mol. The van der Waals surface area contributed by atoms with Crippen LogP contribution in [0.15, 0.2) is 33.7 Å². The molecule has 0 radical (unpaired) electrons. The first-order valence-corrected chi connectivity index (χ1v) is 7.83. The van der Waals surface area contributed by atoms with E-state index < -0.39 is 10.0 Å². The third kappa shape index (κ3) is 3.73. The Morgan fingerprint density at radius 3 is 2.76 bits per heavy atom. The number of Topliss-reactive ketones (excluding diaryl/α,β-unsaturated/α-hetero) is 1. The normalized spacial score (nSPS) is 11.5. The summed E-state index contributed by atoms with van der Waals surface area (Å²) < 4.78 is 31.5. The number of aromatic nitrogens is 2. The van der Waals surface area contributed by atoms with Gasteiger partial charge in [0, 0.05) is 12.0 Å². The Bertz CT molecular complexity index is 752. The molecule has 1 N–H and O–H groups in total. The van der Waals surface area contributed by atoms with Gasteiger partial charge in [-0.25, -0.2) is 13.1 Å². The van der Waals surface area contributed by atoms with E-state index in [-0.39, 0.29) is 23.1 Å². The van der Waals surface area contributed by atoms with E-state index in [2.05, 4.69) is 14.9 Å². The first-order valence-electron chi connectivity index (χ1n) is 6.34. The van der Waals surface area contributed by atoms with Gasteiger partial charge in [-0.05, 0) is 19.1 Å². The van der Waals surface area contributed by atoms with Gasteiger partial charge in [-0.3, -0.25) is 4.79 Å². The number of aryl methyl sites for hydroxylation is 1. The number of sulfonamides is 1. The maximum Gasteiger partial charge on any atom is 0.241 e. The highest BCUT2D eigenvalue weighted by Gasteiger charge is 2.17. The van der Waals surface area contributed by atoms with Gasteiger partial charge < -0.3 is 4.52 Å². The summed E-state index contributed by atoms with van der Waals surface area (Å²) in [7, 11) is -3.74. The molecule has 112 valence electrons. The fourth-order valence-electron chi connectivity index (χ4n) is 1.69. The molecular weight excluding hydrogens is 294 g/mol. The van der Waals surface area contributed by atoms with Gasteiger partial charge in [0.2, 0.25) is 15.9 Å². The molecule has 2 aromatic rings.